The minimum Gasteiger partial charge on any atom is -0.504 e. The number of aliphatic hydroxyl groups excluding tert-OH is 3. The minimum atomic E-state index is -2.31. The van der Waals surface area contributed by atoms with Gasteiger partial charge in [-0.3, -0.25) is 14.4 Å². The Morgan fingerprint density at radius 3 is 2.27 bits per heavy atom. The van der Waals surface area contributed by atoms with Crippen LogP contribution in [0.4, 0.5) is 0 Å². The zero-order valence-electron chi connectivity index (χ0n) is 31.1. The van der Waals surface area contributed by atoms with Gasteiger partial charge in [0.15, 0.2) is 34.8 Å². The number of amides is 3. The number of phenolic OH excluding ortho intramolecular Hbond substituents is 1. The lowest BCUT2D eigenvalue weighted by Crippen LogP contribution is -2.62. The second-order valence-corrected chi connectivity index (χ2v) is 17.6. The fraction of sp³-hybridized carbons (Fsp3) is 0.444. The molecule has 60 heavy (non-hydrogen) atoms. The summed E-state index contributed by atoms with van der Waals surface area (Å²) in [6, 6.07) is 4.47. The van der Waals surface area contributed by atoms with E-state index in [4.69, 9.17) is 19.0 Å². The van der Waals surface area contributed by atoms with E-state index in [1.54, 1.807) is 19.1 Å². The van der Waals surface area contributed by atoms with Crippen LogP contribution >= 0.6 is 63.7 Å². The van der Waals surface area contributed by atoms with Crippen LogP contribution in [0.3, 0.4) is 0 Å². The van der Waals surface area contributed by atoms with Gasteiger partial charge >= 0.3 is 0 Å². The average molecular weight is 1100 g/mol. The summed E-state index contributed by atoms with van der Waals surface area (Å²) < 4.78 is 19.5. The van der Waals surface area contributed by atoms with E-state index in [1.807, 2.05) is 0 Å². The molecule has 7 rings (SSSR count). The van der Waals surface area contributed by atoms with Gasteiger partial charge in [0, 0.05) is 42.9 Å². The number of β-amino-alcohol motifs (C(OH)–C–C–N with tert-alkyl or cyclic N) is 2. The standard InChI is InChI=1S/C36H38Br4N6O14/c1-14-15-7-17(37)28-23(10-15)58-36(59-28)4-3-35(54)11-19(44-55)33(52)43-13-22(49)27(50)21(48)12-42-32(51)18(46-60-31(35)30(36)40)8-16-9-20(47)29(25(39)24(16)38)57-6-2-5-41-34(53)26(14)45-56/h3-4,7,9-10,14,21-22,27,30-31,47-50,54-56H,2,5-6,8,11-13H2,1H3,(H,41,53)(H,42,51)(H,43,52)/b44-19+,45-26+,46-18+/t14?,21-,22-,27-,30+,31-,35-,36+/m1/s1. The molecule has 24 heteroatoms. The number of nitrogens with zero attached hydrogens (tertiary/aromatic N) is 3. The molecule has 1 spiro atoms. The lowest BCUT2D eigenvalue weighted by molar-refractivity contribution is -0.141. The van der Waals surface area contributed by atoms with Crippen LogP contribution in [0.25, 0.3) is 0 Å². The van der Waals surface area contributed by atoms with E-state index in [-0.39, 0.29) is 58.3 Å². The molecule has 4 heterocycles. The number of alkyl halides is 1. The second kappa shape index (κ2) is 18.5. The van der Waals surface area contributed by atoms with Crippen molar-refractivity contribution in [3.8, 4) is 23.0 Å². The fourth-order valence-corrected chi connectivity index (χ4v) is 9.12. The number of halogens is 4. The number of carbonyl (C=O) groups excluding carboxylic acids is 3. The molecule has 4 aliphatic heterocycles. The summed E-state index contributed by atoms with van der Waals surface area (Å²) in [5, 5.41) is 92.9. The predicted molar refractivity (Wildman–Crippen MR) is 223 cm³/mol. The van der Waals surface area contributed by atoms with Crippen LogP contribution in [-0.4, -0.2) is 138 Å². The van der Waals surface area contributed by atoms with Gasteiger partial charge in [-0.2, -0.15) is 0 Å². The van der Waals surface area contributed by atoms with Crippen LogP contribution in [0.15, 0.2) is 59.2 Å². The molecule has 0 fully saturated rings. The van der Waals surface area contributed by atoms with E-state index in [0.29, 0.717) is 14.5 Å². The smallest absolute Gasteiger partial charge is 0.287 e. The van der Waals surface area contributed by atoms with E-state index >= 15 is 0 Å². The third-order valence-electron chi connectivity index (χ3n) is 10.1. The molecule has 3 amide bonds. The number of fused-ring (bicyclic) bond motifs is 9. The van der Waals surface area contributed by atoms with Crippen molar-refractivity contribution in [1.29, 1.82) is 0 Å². The van der Waals surface area contributed by atoms with E-state index in [0.717, 1.165) is 6.08 Å². The number of oxime groups is 3. The topological polar surface area (TPSA) is 303 Å². The van der Waals surface area contributed by atoms with Gasteiger partial charge in [0.2, 0.25) is 0 Å². The molecule has 1 unspecified atom stereocenters. The molecule has 0 aromatic heterocycles. The van der Waals surface area contributed by atoms with E-state index in [2.05, 4.69) is 95.1 Å². The molecule has 7 bridgehead atoms. The summed E-state index contributed by atoms with van der Waals surface area (Å²) in [6.07, 6.45) is -5.48. The predicted octanol–water partition coefficient (Wildman–Crippen LogP) is 1.58. The summed E-state index contributed by atoms with van der Waals surface area (Å²) in [5.41, 5.74) is -2.89. The Labute approximate surface area is 374 Å². The SMILES string of the molecule is CC1/C(=N\O)C(=O)NCCCOc2c(O)cc(c(Br)c2Br)C/C2=N\O[C@@H]3[C@H](Br)[C@@]4(C=C[C@@]3(O)C/C(=N\O)C(=O)NC[C@@H](O)[C@H](O)[C@H](O)CNC2=O)Oc2cc1cc(Br)c2O4. The zero-order chi connectivity index (χ0) is 43.7. The van der Waals surface area contributed by atoms with Crippen molar-refractivity contribution in [2.24, 2.45) is 15.5 Å². The molecular formula is C36H38Br4N6O14. The summed E-state index contributed by atoms with van der Waals surface area (Å²) in [4.78, 5) is 45.0. The minimum absolute atomic E-state index is 0.0124. The first-order valence-electron chi connectivity index (χ1n) is 18.1. The van der Waals surface area contributed by atoms with Gasteiger partial charge in [0.25, 0.3) is 23.5 Å². The Morgan fingerprint density at radius 1 is 0.883 bits per heavy atom. The summed E-state index contributed by atoms with van der Waals surface area (Å²) in [6.45, 7) is 0.467. The third-order valence-corrected chi connectivity index (χ3v) is 14.0. The molecule has 2 aromatic rings. The van der Waals surface area contributed by atoms with Crippen LogP contribution in [0.2, 0.25) is 0 Å². The maximum atomic E-state index is 13.9. The van der Waals surface area contributed by atoms with Crippen molar-refractivity contribution in [2.75, 3.05) is 26.2 Å². The quantitative estimate of drug-likeness (QED) is 0.0776. The highest BCUT2D eigenvalue weighted by Crippen LogP contribution is 2.52. The lowest BCUT2D eigenvalue weighted by Gasteiger charge is -2.43. The number of aromatic hydroxyl groups is 1. The molecule has 0 saturated carbocycles. The summed E-state index contributed by atoms with van der Waals surface area (Å²) in [5.74, 6) is -5.35. The van der Waals surface area contributed by atoms with Crippen LogP contribution in [0, 0.1) is 0 Å². The molecule has 324 valence electrons. The number of hydrogen-bond acceptors (Lipinski definition) is 17. The molecule has 10 N–H and O–H groups in total. The van der Waals surface area contributed by atoms with Crippen molar-refractivity contribution in [1.82, 2.24) is 16.0 Å². The lowest BCUT2D eigenvalue weighted by atomic mass is 9.81. The Morgan fingerprint density at radius 2 is 1.58 bits per heavy atom. The fourth-order valence-electron chi connectivity index (χ4n) is 6.68. The third kappa shape index (κ3) is 9.10. The second-order valence-electron chi connectivity index (χ2n) is 14.2. The van der Waals surface area contributed by atoms with E-state index in [9.17, 15) is 50.3 Å². The van der Waals surface area contributed by atoms with Gasteiger partial charge in [0.1, 0.15) is 28.0 Å². The first-order valence-corrected chi connectivity index (χ1v) is 21.4. The highest BCUT2D eigenvalue weighted by atomic mass is 79.9. The molecule has 1 aliphatic carbocycles. The van der Waals surface area contributed by atoms with Crippen molar-refractivity contribution in [2.45, 2.75) is 72.7 Å². The normalized spacial score (nSPS) is 32.6. The van der Waals surface area contributed by atoms with Gasteiger partial charge in [-0.15, -0.1) is 0 Å². The Kier molecular flexibility index (Phi) is 14.0. The Balaban J connectivity index is 1.50. The largest absolute Gasteiger partial charge is 0.504 e. The van der Waals surface area contributed by atoms with Crippen molar-refractivity contribution < 1.29 is 69.4 Å². The molecule has 5 aliphatic rings. The average Bonchev–Trinajstić information content (AvgIpc) is 3.61. The van der Waals surface area contributed by atoms with Crippen LogP contribution in [0.1, 0.15) is 36.8 Å². The van der Waals surface area contributed by atoms with Gasteiger partial charge in [-0.05, 0) is 95.7 Å². The Bertz CT molecular complexity index is 2180. The maximum absolute atomic E-state index is 13.9. The number of carbonyl (C=O) groups is 3. The first kappa shape index (κ1) is 45.5. The molecule has 2 aromatic carbocycles. The molecule has 20 nitrogen and oxygen atoms in total. The van der Waals surface area contributed by atoms with E-state index in [1.165, 1.54) is 12.1 Å². The van der Waals surface area contributed by atoms with Gasteiger partial charge in [-0.1, -0.05) is 38.3 Å². The number of benzene rings is 2. The summed E-state index contributed by atoms with van der Waals surface area (Å²) in [7, 11) is 0. The monoisotopic (exact) mass is 1090 g/mol. The maximum Gasteiger partial charge on any atom is 0.287 e. The van der Waals surface area contributed by atoms with Crippen LogP contribution in [-0.2, 0) is 25.6 Å². The molecule has 0 radical (unpaired) electrons. The van der Waals surface area contributed by atoms with Crippen molar-refractivity contribution >= 4 is 98.6 Å². The molecular weight excluding hydrogens is 1060 g/mol. The van der Waals surface area contributed by atoms with Crippen molar-refractivity contribution in [3.63, 3.8) is 0 Å². The van der Waals surface area contributed by atoms with Crippen LogP contribution in [0.5, 0.6) is 23.0 Å². The number of rotatable bonds is 0. The zero-order valence-corrected chi connectivity index (χ0v) is 37.5. The van der Waals surface area contributed by atoms with E-state index < -0.39 is 102 Å². The number of ether oxygens (including phenoxy) is 3. The first-order chi connectivity index (χ1) is 28.4. The Hall–Kier alpha value is -4.04. The highest BCUT2D eigenvalue weighted by molar-refractivity contribution is 9.13. The number of nitrogens with one attached hydrogen (secondary N) is 3. The molecule has 0 saturated heterocycles. The molecule has 8 atom stereocenters. The van der Waals surface area contributed by atoms with Gasteiger partial charge < -0.3 is 70.9 Å². The number of aliphatic hydroxyl groups is 4. The number of hydrogen-bond donors (Lipinski definition) is 10. The van der Waals surface area contributed by atoms with Gasteiger partial charge in [-0.25, -0.2) is 0 Å². The number of phenols is 1. The van der Waals surface area contributed by atoms with Crippen molar-refractivity contribution in [3.05, 3.63) is 54.9 Å². The van der Waals surface area contributed by atoms with Gasteiger partial charge in [0.05, 0.1) is 27.8 Å². The van der Waals surface area contributed by atoms with Crippen LogP contribution < -0.4 is 30.2 Å². The summed E-state index contributed by atoms with van der Waals surface area (Å²) >= 11 is 13.9. The highest BCUT2D eigenvalue weighted by Gasteiger charge is 2.60.